The zero-order valence-electron chi connectivity index (χ0n) is 51.4. The average molecular weight is 1280 g/mol. The monoisotopic (exact) mass is 1280 g/mol. The average Bonchev–Trinajstić information content (AvgIpc) is 1.84. The van der Waals surface area contributed by atoms with Crippen molar-refractivity contribution in [3.63, 3.8) is 0 Å². The molecule has 2 saturated heterocycles. The van der Waals surface area contributed by atoms with Gasteiger partial charge >= 0.3 is 5.97 Å². The summed E-state index contributed by atoms with van der Waals surface area (Å²) in [6.45, 7) is 21.4. The number of carboxylic acid groups (broad SMARTS) is 1. The minimum absolute atomic E-state index is 0.0155. The molecule has 1 aromatic heterocycles. The van der Waals surface area contributed by atoms with E-state index in [1.807, 2.05) is 12.1 Å². The molecular formula is C65H69F5N10O12. The summed E-state index contributed by atoms with van der Waals surface area (Å²) in [6, 6.07) is 33.8. The topological polar surface area (TPSA) is 290 Å². The molecule has 0 unspecified atom stereocenters. The van der Waals surface area contributed by atoms with Crippen LogP contribution in [0.15, 0.2) is 143 Å². The van der Waals surface area contributed by atoms with Gasteiger partial charge in [0.05, 0.1) is 60.5 Å². The molecule has 2 fully saturated rings. The van der Waals surface area contributed by atoms with Crippen LogP contribution in [0, 0.1) is 42.3 Å². The van der Waals surface area contributed by atoms with E-state index in [0.717, 1.165) is 24.3 Å². The van der Waals surface area contributed by atoms with Crippen molar-refractivity contribution in [3.05, 3.63) is 202 Å². The number of rotatable bonds is 16. The fourth-order valence-corrected chi connectivity index (χ4v) is 8.49. The lowest BCUT2D eigenvalue weighted by atomic mass is 9.96. The number of nitrogens with one attached hydrogen (secondary N) is 2. The highest BCUT2D eigenvalue weighted by atomic mass is 19.1. The molecule has 0 bridgehead atoms. The smallest absolute Gasteiger partial charge is 0.306 e. The van der Waals surface area contributed by atoms with E-state index in [1.54, 1.807) is 91.2 Å². The molecule has 0 radical (unpaired) electrons. The molecule has 0 aliphatic carbocycles. The summed E-state index contributed by atoms with van der Waals surface area (Å²) in [5.74, 6) is -3.51. The quantitative estimate of drug-likeness (QED) is 0.0131. The van der Waals surface area contributed by atoms with Gasteiger partial charge in [-0.1, -0.05) is 58.8 Å². The Morgan fingerprint density at radius 2 is 1.09 bits per heavy atom. The summed E-state index contributed by atoms with van der Waals surface area (Å²) < 4.78 is 88.8. The van der Waals surface area contributed by atoms with Gasteiger partial charge in [-0.25, -0.2) is 27.3 Å². The van der Waals surface area contributed by atoms with Crippen LogP contribution >= 0.6 is 0 Å². The summed E-state index contributed by atoms with van der Waals surface area (Å²) in [4.78, 5) is 73.1. The molecule has 2 aliphatic rings. The maximum atomic E-state index is 14.1. The first-order valence-electron chi connectivity index (χ1n) is 29.1. The Hall–Kier alpha value is -11.1. The number of hydrogen-bond acceptors (Lipinski definition) is 14. The number of amidine groups is 1. The number of aromatic nitrogens is 2. The van der Waals surface area contributed by atoms with Crippen molar-refractivity contribution in [1.29, 1.82) is 0 Å². The second-order valence-electron chi connectivity index (χ2n) is 19.3. The largest absolute Gasteiger partial charge is 0.505 e. The number of carbonyl (C=O) groups is 5. The normalized spacial score (nSPS) is 12.7. The van der Waals surface area contributed by atoms with Gasteiger partial charge in [0.15, 0.2) is 57.7 Å². The van der Waals surface area contributed by atoms with Crippen LogP contribution in [0.3, 0.4) is 0 Å². The lowest BCUT2D eigenvalue weighted by Gasteiger charge is -2.30. The van der Waals surface area contributed by atoms with Gasteiger partial charge in [0.1, 0.15) is 5.75 Å². The highest BCUT2D eigenvalue weighted by Gasteiger charge is 2.29. The van der Waals surface area contributed by atoms with Crippen LogP contribution in [0.5, 0.6) is 23.0 Å². The zero-order chi connectivity index (χ0) is 68.2. The number of hydrogen-bond donors (Lipinski definition) is 6. The Morgan fingerprint density at radius 1 is 0.652 bits per heavy atom. The number of carbonyl (C=O) groups excluding carboxylic acids is 4. The molecule has 0 saturated carbocycles. The number of nitrogens with zero attached hydrogens (tertiary/aromatic N) is 7. The lowest BCUT2D eigenvalue weighted by Crippen LogP contribution is -2.45. The second-order valence-corrected chi connectivity index (χ2v) is 19.3. The van der Waals surface area contributed by atoms with Crippen LogP contribution in [0.2, 0.25) is 0 Å². The number of phenolic OH excluding ortho intramolecular Hbond substituents is 1. The highest BCUT2D eigenvalue weighted by molar-refractivity contribution is 5.98. The molecular weight excluding hydrogens is 1210 g/mol. The number of ether oxygens (including phenoxy) is 3. The molecule has 22 nitrogen and oxygen atoms in total. The summed E-state index contributed by atoms with van der Waals surface area (Å²) in [5.41, 5.74) is 7.60. The first-order valence-corrected chi connectivity index (χ1v) is 28.4. The summed E-state index contributed by atoms with van der Waals surface area (Å²) in [5, 5.41) is 37.9. The Bertz CT molecular complexity index is 3660. The number of phenols is 1. The van der Waals surface area contributed by atoms with E-state index in [2.05, 4.69) is 35.6 Å². The number of aliphatic carboxylic acids is 1. The van der Waals surface area contributed by atoms with Crippen molar-refractivity contribution >= 4 is 46.8 Å². The first kappa shape index (κ1) is 71.7. The summed E-state index contributed by atoms with van der Waals surface area (Å²) in [6.07, 6.45) is 2.26. The fourth-order valence-electron chi connectivity index (χ4n) is 8.49. The van der Waals surface area contributed by atoms with Crippen molar-refractivity contribution in [2.75, 3.05) is 66.2 Å². The van der Waals surface area contributed by atoms with E-state index in [9.17, 15) is 45.9 Å². The Balaban J connectivity index is 0.000000264. The third-order valence-corrected chi connectivity index (χ3v) is 13.2. The molecule has 9 rings (SSSR count). The third kappa shape index (κ3) is 23.5. The summed E-state index contributed by atoms with van der Waals surface area (Å²) in [7, 11) is -1.00. The standard InChI is InChI=1S/C24H25FN4O4.C15H18N2O4.C9H11FN2O2.C9H8FNO.C7H4FNO.CH3F/c1-2-32-20-9-8-18(14-19(20)25)22-27-24(33-28-22)17-10-12-29(13-11-17)21(30)15-26-23(31)16-6-4-3-5-7-16;18-13(17-8-6-12(7-9-17)15(20)21)10-16-14(19)11-4-2-1-3-5-11;1-2-14-8-4-3-6(5-7(8)10)9(11)12-13;1-3-12-9-5-4-7(11-2)6-8(9)10;1-9-5-2-3-7(10)6(8)4-5;1-2/h3-9,14,17H,2,10-13,15H2,1H3,(H,26,31);1-5,12H,6-10H2,(H,16,19)(H,20,21);3-5,13H,2H2,1H3,(H2,11,12);4-6H,3H2,1H3;2-4,10H;1H3/i;;;;;1D. The van der Waals surface area contributed by atoms with E-state index in [-0.39, 0.29) is 83.0 Å². The number of nitrogens with two attached hydrogens (primary N) is 1. The molecule has 0 spiro atoms. The molecule has 27 heteroatoms. The summed E-state index contributed by atoms with van der Waals surface area (Å²) >= 11 is 0. The van der Waals surface area contributed by atoms with E-state index in [1.165, 1.54) is 36.4 Å². The number of piperidine rings is 2. The SMILES string of the molecule is CCOc1ccc(-c2noc(C3CCN(C(=O)CNC(=O)c4ccccc4)CC3)n2)cc1F.CCOc1ccc(/C(N)=N/O)cc1F.O=C(NCC(=O)N1CCC(C(=O)O)CC1)c1ccccc1.[2H]CF.[C-]#[N+]c1ccc(O)c(F)c1.[C-]#[N+]c1ccc(OCC)c(F)c1. The van der Waals surface area contributed by atoms with Gasteiger partial charge in [-0.3, -0.25) is 28.4 Å². The molecule has 0 atom stereocenters. The van der Waals surface area contributed by atoms with Crippen LogP contribution in [0.4, 0.5) is 33.3 Å². The number of carboxylic acids is 1. The number of benzene rings is 6. The van der Waals surface area contributed by atoms with E-state index >= 15 is 0 Å². The number of oxime groups is 1. The van der Waals surface area contributed by atoms with E-state index in [4.69, 9.17) is 54.4 Å². The van der Waals surface area contributed by atoms with Gasteiger partial charge in [-0.05, 0) is 131 Å². The first-order chi connectivity index (χ1) is 44.7. The van der Waals surface area contributed by atoms with Crippen molar-refractivity contribution in [2.24, 2.45) is 16.8 Å². The predicted molar refractivity (Wildman–Crippen MR) is 329 cm³/mol. The zero-order valence-corrected chi connectivity index (χ0v) is 50.4. The van der Waals surface area contributed by atoms with Crippen molar-refractivity contribution in [3.8, 4) is 34.4 Å². The van der Waals surface area contributed by atoms with Gasteiger partial charge in [-0.2, -0.15) is 4.98 Å². The second kappa shape index (κ2) is 39.0. The molecule has 7 aromatic rings. The Morgan fingerprint density at radius 3 is 1.51 bits per heavy atom. The molecule has 92 heavy (non-hydrogen) atoms. The number of alkyl halides is 1. The molecule has 7 N–H and O–H groups in total. The van der Waals surface area contributed by atoms with Crippen molar-refractivity contribution in [2.45, 2.75) is 52.4 Å². The molecule has 486 valence electrons. The van der Waals surface area contributed by atoms with Gasteiger partial charge in [0.25, 0.3) is 11.8 Å². The van der Waals surface area contributed by atoms with Crippen LogP contribution < -0.4 is 30.6 Å². The van der Waals surface area contributed by atoms with Gasteiger partial charge in [0, 0.05) is 54.4 Å². The van der Waals surface area contributed by atoms with Gasteiger partial charge in [0.2, 0.25) is 23.5 Å². The Labute approximate surface area is 529 Å². The molecule has 2 aliphatic heterocycles. The minimum atomic E-state index is -1.00. The number of aromatic hydroxyl groups is 1. The van der Waals surface area contributed by atoms with E-state index in [0.29, 0.717) is 106 Å². The maximum absolute atomic E-state index is 14.1. The van der Waals surface area contributed by atoms with Gasteiger partial charge in [-0.15, -0.1) is 0 Å². The minimum Gasteiger partial charge on any atom is -0.505 e. The lowest BCUT2D eigenvalue weighted by molar-refractivity contribution is -0.145. The molecule has 4 amide bonds. The van der Waals surface area contributed by atoms with Crippen LogP contribution in [-0.4, -0.2) is 137 Å². The van der Waals surface area contributed by atoms with Crippen LogP contribution in [0.1, 0.15) is 85.9 Å². The van der Waals surface area contributed by atoms with E-state index < -0.39 is 42.1 Å². The molecule has 3 heterocycles. The highest BCUT2D eigenvalue weighted by Crippen LogP contribution is 2.31. The third-order valence-electron chi connectivity index (χ3n) is 13.2. The maximum Gasteiger partial charge on any atom is 0.306 e. The predicted octanol–water partition coefficient (Wildman–Crippen LogP) is 10.9. The van der Waals surface area contributed by atoms with Crippen molar-refractivity contribution in [1.82, 2.24) is 30.6 Å². The number of halogens is 5. The molecule has 6 aromatic carbocycles. The Kier molecular flexibility index (Phi) is 30.4. The van der Waals surface area contributed by atoms with Crippen LogP contribution in [-0.2, 0) is 14.4 Å². The van der Waals surface area contributed by atoms with Crippen LogP contribution in [0.25, 0.3) is 21.1 Å². The van der Waals surface area contributed by atoms with Crippen molar-refractivity contribution < 1.29 is 81.4 Å². The number of likely N-dealkylation sites (tertiary alicyclic amines) is 2. The van der Waals surface area contributed by atoms with Gasteiger partial charge < -0.3 is 60.3 Å². The number of amides is 4. The fraction of sp³-hybridized carbons (Fsp3) is 0.292.